The van der Waals surface area contributed by atoms with E-state index in [0.717, 1.165) is 11.3 Å². The van der Waals surface area contributed by atoms with Gasteiger partial charge in [-0.2, -0.15) is 0 Å². The molecule has 0 aliphatic carbocycles. The normalized spacial score (nSPS) is 18.5. The summed E-state index contributed by atoms with van der Waals surface area (Å²) in [6.45, 7) is 6.64. The second kappa shape index (κ2) is 14.3. The van der Waals surface area contributed by atoms with Crippen molar-refractivity contribution in [2.75, 3.05) is 39.8 Å². The van der Waals surface area contributed by atoms with Gasteiger partial charge in [0.1, 0.15) is 23.3 Å². The van der Waals surface area contributed by atoms with Crippen molar-refractivity contribution in [2.24, 2.45) is 0 Å². The molecule has 1 aliphatic heterocycles. The Morgan fingerprint density at radius 1 is 1.10 bits per heavy atom. The zero-order valence-electron chi connectivity index (χ0n) is 23.6. The van der Waals surface area contributed by atoms with Gasteiger partial charge in [-0.25, -0.2) is 0 Å². The molecule has 12 heteroatoms. The van der Waals surface area contributed by atoms with Crippen molar-refractivity contribution in [3.05, 3.63) is 40.8 Å². The summed E-state index contributed by atoms with van der Waals surface area (Å²) in [6.07, 6.45) is 2.71. The molecular weight excluding hydrogens is 518 g/mol. The van der Waals surface area contributed by atoms with Crippen LogP contribution in [0, 0.1) is 13.8 Å². The zero-order valence-corrected chi connectivity index (χ0v) is 23.6. The number of ether oxygens (including phenoxy) is 1. The predicted molar refractivity (Wildman–Crippen MR) is 146 cm³/mol. The first-order valence-corrected chi connectivity index (χ1v) is 13.5. The van der Waals surface area contributed by atoms with E-state index in [1.165, 1.54) is 18.2 Å². The van der Waals surface area contributed by atoms with Crippen LogP contribution in [0.25, 0.3) is 0 Å². The van der Waals surface area contributed by atoms with E-state index in [1.54, 1.807) is 23.8 Å². The standard InChI is InChI=1S/C28H39N5O7/c1-18-24(20(3)40-31-18)8-9-26(36)33-12-6-5-11-32(4)28(38)19(2)30-25(35)17-39-23-15-21(14-22(34)16-23)27(37)29-10-7-13-33/h14-16,19,34H,5-13,17H2,1-4H3,(H,29,37)(H,30,35)/t19-/m0/s1. The van der Waals surface area contributed by atoms with Crippen LogP contribution < -0.4 is 15.4 Å². The minimum atomic E-state index is -0.764. The lowest BCUT2D eigenvalue weighted by molar-refractivity contribution is -0.135. The molecular formula is C28H39N5O7. The Hall–Kier alpha value is -4.09. The van der Waals surface area contributed by atoms with Crippen molar-refractivity contribution in [1.29, 1.82) is 0 Å². The molecule has 218 valence electrons. The molecule has 1 aromatic carbocycles. The summed E-state index contributed by atoms with van der Waals surface area (Å²) in [7, 11) is 1.68. The van der Waals surface area contributed by atoms with Gasteiger partial charge < -0.3 is 34.8 Å². The summed E-state index contributed by atoms with van der Waals surface area (Å²) in [5.74, 6) is -0.526. The quantitative estimate of drug-likeness (QED) is 0.515. The fourth-order valence-electron chi connectivity index (χ4n) is 4.57. The van der Waals surface area contributed by atoms with Gasteiger partial charge in [0.2, 0.25) is 11.8 Å². The third kappa shape index (κ3) is 8.72. The molecule has 0 fully saturated rings. The lowest BCUT2D eigenvalue weighted by atomic mass is 10.1. The van der Waals surface area contributed by atoms with E-state index in [0.29, 0.717) is 64.0 Å². The highest BCUT2D eigenvalue weighted by molar-refractivity contribution is 5.95. The Bertz CT molecular complexity index is 1190. The SMILES string of the molecule is Cc1noc(C)c1CCC(=O)N1CCCCN(C)C(=O)[C@H](C)NC(=O)COc2cc(O)cc(c2)C(=O)NCCC1. The molecule has 2 bridgehead atoms. The molecule has 2 heterocycles. The summed E-state index contributed by atoms with van der Waals surface area (Å²) in [5.41, 5.74) is 1.88. The number of carbonyl (C=O) groups is 4. The fourth-order valence-corrected chi connectivity index (χ4v) is 4.57. The second-order valence-corrected chi connectivity index (χ2v) is 10.1. The minimum absolute atomic E-state index is 0.0102. The molecule has 1 aromatic heterocycles. The van der Waals surface area contributed by atoms with E-state index in [2.05, 4.69) is 15.8 Å². The van der Waals surface area contributed by atoms with Crippen LogP contribution in [-0.4, -0.2) is 89.6 Å². The molecule has 1 aliphatic rings. The average molecular weight is 558 g/mol. The Kier molecular flexibility index (Phi) is 10.9. The van der Waals surface area contributed by atoms with Crippen molar-refractivity contribution < 1.29 is 33.5 Å². The molecule has 0 saturated carbocycles. The van der Waals surface area contributed by atoms with Crippen LogP contribution in [0.15, 0.2) is 22.7 Å². The minimum Gasteiger partial charge on any atom is -0.508 e. The van der Waals surface area contributed by atoms with E-state index in [1.807, 2.05) is 13.8 Å². The second-order valence-electron chi connectivity index (χ2n) is 10.1. The Morgan fingerprint density at radius 2 is 1.82 bits per heavy atom. The largest absolute Gasteiger partial charge is 0.508 e. The maximum absolute atomic E-state index is 13.2. The van der Waals surface area contributed by atoms with Crippen LogP contribution in [0.4, 0.5) is 0 Å². The van der Waals surface area contributed by atoms with E-state index in [9.17, 15) is 24.3 Å². The van der Waals surface area contributed by atoms with Crippen molar-refractivity contribution in [1.82, 2.24) is 25.6 Å². The number of aromatic nitrogens is 1. The molecule has 0 saturated heterocycles. The number of carbonyl (C=O) groups excluding carboxylic acids is 4. The Balaban J connectivity index is 1.71. The smallest absolute Gasteiger partial charge is 0.258 e. The highest BCUT2D eigenvalue weighted by atomic mass is 16.5. The van der Waals surface area contributed by atoms with Gasteiger partial charge >= 0.3 is 0 Å². The molecule has 12 nitrogen and oxygen atoms in total. The molecule has 4 amide bonds. The van der Waals surface area contributed by atoms with Crippen molar-refractivity contribution >= 4 is 23.6 Å². The highest BCUT2D eigenvalue weighted by Gasteiger charge is 2.21. The molecule has 0 spiro atoms. The van der Waals surface area contributed by atoms with Gasteiger partial charge in [0.15, 0.2) is 6.61 Å². The van der Waals surface area contributed by atoms with Gasteiger partial charge in [-0.3, -0.25) is 19.2 Å². The number of aryl methyl sites for hydroxylation is 2. The van der Waals surface area contributed by atoms with Gasteiger partial charge in [0, 0.05) is 56.8 Å². The molecule has 2 aromatic rings. The Morgan fingerprint density at radius 3 is 2.55 bits per heavy atom. The highest BCUT2D eigenvalue weighted by Crippen LogP contribution is 2.22. The van der Waals surface area contributed by atoms with Crippen molar-refractivity contribution in [3.63, 3.8) is 0 Å². The number of phenolic OH excluding ortho intramolecular Hbond substituents is 1. The molecule has 3 N–H and O–H groups in total. The molecule has 3 rings (SSSR count). The molecule has 0 radical (unpaired) electrons. The van der Waals surface area contributed by atoms with Crippen LogP contribution in [0.1, 0.15) is 60.0 Å². The monoisotopic (exact) mass is 557 g/mol. The van der Waals surface area contributed by atoms with Crippen LogP contribution >= 0.6 is 0 Å². The number of amides is 4. The van der Waals surface area contributed by atoms with E-state index >= 15 is 0 Å². The van der Waals surface area contributed by atoms with Crippen molar-refractivity contribution in [2.45, 2.75) is 58.9 Å². The average Bonchev–Trinajstić information content (AvgIpc) is 3.24. The zero-order chi connectivity index (χ0) is 29.2. The van der Waals surface area contributed by atoms with E-state index in [4.69, 9.17) is 9.26 Å². The number of nitrogens with zero attached hydrogens (tertiary/aromatic N) is 3. The third-order valence-electron chi connectivity index (χ3n) is 6.83. The maximum Gasteiger partial charge on any atom is 0.258 e. The number of aromatic hydroxyl groups is 1. The van der Waals surface area contributed by atoms with Crippen LogP contribution in [0.3, 0.4) is 0 Å². The fraction of sp³-hybridized carbons (Fsp3) is 0.536. The van der Waals surface area contributed by atoms with Crippen LogP contribution in [0.5, 0.6) is 11.5 Å². The van der Waals surface area contributed by atoms with E-state index < -0.39 is 17.9 Å². The van der Waals surface area contributed by atoms with Crippen LogP contribution in [-0.2, 0) is 20.8 Å². The first-order valence-electron chi connectivity index (χ1n) is 13.5. The van der Waals surface area contributed by atoms with Gasteiger partial charge in [0.05, 0.1) is 5.69 Å². The lowest BCUT2D eigenvalue weighted by Crippen LogP contribution is -2.47. The van der Waals surface area contributed by atoms with Gasteiger partial charge in [0.25, 0.3) is 11.8 Å². The summed E-state index contributed by atoms with van der Waals surface area (Å²) in [4.78, 5) is 54.3. The first-order chi connectivity index (χ1) is 19.0. The molecule has 1 atom stereocenters. The first kappa shape index (κ1) is 30.5. The predicted octanol–water partition coefficient (Wildman–Crippen LogP) is 1.71. The van der Waals surface area contributed by atoms with Crippen molar-refractivity contribution in [3.8, 4) is 11.5 Å². The van der Waals surface area contributed by atoms with Gasteiger partial charge in [-0.05, 0) is 58.6 Å². The number of rotatable bonds is 3. The number of fused-ring (bicyclic) bond motifs is 2. The summed E-state index contributed by atoms with van der Waals surface area (Å²) in [5, 5.41) is 19.4. The lowest BCUT2D eigenvalue weighted by Gasteiger charge is -2.25. The third-order valence-corrected chi connectivity index (χ3v) is 6.83. The van der Waals surface area contributed by atoms with E-state index in [-0.39, 0.29) is 35.5 Å². The summed E-state index contributed by atoms with van der Waals surface area (Å²) >= 11 is 0. The number of hydrogen-bond acceptors (Lipinski definition) is 8. The van der Waals surface area contributed by atoms with Gasteiger partial charge in [-0.1, -0.05) is 5.16 Å². The molecule has 40 heavy (non-hydrogen) atoms. The number of nitrogens with one attached hydrogen (secondary N) is 2. The molecule has 0 unspecified atom stereocenters. The number of benzene rings is 1. The maximum atomic E-state index is 13.2. The van der Waals surface area contributed by atoms with Gasteiger partial charge in [-0.15, -0.1) is 0 Å². The topological polar surface area (TPSA) is 154 Å². The number of phenols is 1. The number of likely N-dealkylation sites (N-methyl/N-ethyl adjacent to an activating group) is 1. The summed E-state index contributed by atoms with van der Waals surface area (Å²) in [6, 6.07) is 3.26. The van der Waals surface area contributed by atoms with Crippen LogP contribution in [0.2, 0.25) is 0 Å². The number of hydrogen-bond donors (Lipinski definition) is 3. The Labute approximate surface area is 234 Å². The summed E-state index contributed by atoms with van der Waals surface area (Å²) < 4.78 is 10.7.